The van der Waals surface area contributed by atoms with Crippen molar-refractivity contribution in [1.82, 2.24) is 14.9 Å². The Morgan fingerprint density at radius 1 is 1.21 bits per heavy atom. The lowest BCUT2D eigenvalue weighted by Gasteiger charge is -2.28. The average molecular weight is 406 g/mol. The number of benzene rings is 1. The van der Waals surface area contributed by atoms with Gasteiger partial charge in [0.25, 0.3) is 5.91 Å². The van der Waals surface area contributed by atoms with Crippen LogP contribution in [0.2, 0.25) is 0 Å². The van der Waals surface area contributed by atoms with E-state index in [2.05, 4.69) is 35.4 Å². The number of carbonyl (C=O) groups excluding carboxylic acids is 1. The Morgan fingerprint density at radius 3 is 2.43 bits per heavy atom. The van der Waals surface area contributed by atoms with Crippen molar-refractivity contribution in [2.75, 3.05) is 26.2 Å². The molecule has 1 unspecified atom stereocenters. The van der Waals surface area contributed by atoms with Crippen molar-refractivity contribution in [2.24, 2.45) is 0 Å². The van der Waals surface area contributed by atoms with E-state index < -0.39 is 10.0 Å². The molecule has 0 aliphatic carbocycles. The summed E-state index contributed by atoms with van der Waals surface area (Å²) in [5, 5.41) is 2.91. The Balaban J connectivity index is 2.06. The minimum atomic E-state index is -3.61. The molecule has 152 valence electrons. The molecule has 28 heavy (non-hydrogen) atoms. The zero-order valence-electron chi connectivity index (χ0n) is 16.2. The molecule has 7 nitrogen and oxygen atoms in total. The number of likely N-dealkylation sites (N-methyl/N-ethyl adjacent to an activating group) is 1. The highest BCUT2D eigenvalue weighted by Gasteiger charge is 2.22. The Labute approximate surface area is 166 Å². The van der Waals surface area contributed by atoms with Crippen molar-refractivity contribution >= 4 is 15.9 Å². The van der Waals surface area contributed by atoms with Gasteiger partial charge in [-0.2, -0.15) is 0 Å². The summed E-state index contributed by atoms with van der Waals surface area (Å²) >= 11 is 0. The van der Waals surface area contributed by atoms with E-state index in [0.29, 0.717) is 12.1 Å². The summed E-state index contributed by atoms with van der Waals surface area (Å²) in [6.45, 7) is 9.76. The van der Waals surface area contributed by atoms with E-state index in [1.807, 2.05) is 12.1 Å². The van der Waals surface area contributed by atoms with Crippen molar-refractivity contribution in [3.63, 3.8) is 0 Å². The number of amides is 1. The van der Waals surface area contributed by atoms with Gasteiger partial charge in [-0.25, -0.2) is 13.1 Å². The lowest BCUT2D eigenvalue weighted by Crippen LogP contribution is -2.37. The summed E-state index contributed by atoms with van der Waals surface area (Å²) in [5.74, 6) is 0.519. The largest absolute Gasteiger partial charge is 0.468 e. The van der Waals surface area contributed by atoms with Crippen molar-refractivity contribution in [2.45, 2.75) is 24.8 Å². The number of furan rings is 1. The van der Waals surface area contributed by atoms with Crippen LogP contribution in [-0.2, 0) is 10.0 Å². The molecule has 0 bridgehead atoms. The number of nitrogens with zero attached hydrogens (tertiary/aromatic N) is 1. The van der Waals surface area contributed by atoms with Gasteiger partial charge in [-0.1, -0.05) is 19.9 Å². The lowest BCUT2D eigenvalue weighted by molar-refractivity contribution is 0.0929. The van der Waals surface area contributed by atoms with Crippen LogP contribution in [0.25, 0.3) is 0 Å². The summed E-state index contributed by atoms with van der Waals surface area (Å²) in [5.41, 5.74) is 0.389. The first-order valence-electron chi connectivity index (χ1n) is 9.19. The first-order valence-corrected chi connectivity index (χ1v) is 10.7. The van der Waals surface area contributed by atoms with Crippen LogP contribution in [-0.4, -0.2) is 45.4 Å². The molecule has 1 amide bonds. The normalized spacial score (nSPS) is 12.7. The fourth-order valence-electron chi connectivity index (χ4n) is 2.88. The summed E-state index contributed by atoms with van der Waals surface area (Å²) in [6, 6.07) is 9.47. The zero-order valence-corrected chi connectivity index (χ0v) is 17.0. The molecule has 1 aromatic heterocycles. The SMILES string of the molecule is C=CCNS(=O)(=O)c1ccc(C(=O)NCC(c2ccco2)N(CC)CC)cc1. The van der Waals surface area contributed by atoms with Crippen LogP contribution in [0.3, 0.4) is 0 Å². The van der Waals surface area contributed by atoms with E-state index in [1.165, 1.54) is 30.3 Å². The summed E-state index contributed by atoms with van der Waals surface area (Å²) in [6.07, 6.45) is 3.08. The predicted octanol–water partition coefficient (Wildman–Crippen LogP) is 2.56. The minimum Gasteiger partial charge on any atom is -0.468 e. The molecule has 0 fully saturated rings. The molecule has 8 heteroatoms. The smallest absolute Gasteiger partial charge is 0.251 e. The molecule has 0 spiro atoms. The van der Waals surface area contributed by atoms with Gasteiger partial charge in [0.05, 0.1) is 17.2 Å². The topological polar surface area (TPSA) is 91.6 Å². The second-order valence-electron chi connectivity index (χ2n) is 6.13. The highest BCUT2D eigenvalue weighted by Crippen LogP contribution is 2.20. The van der Waals surface area contributed by atoms with Gasteiger partial charge in [0, 0.05) is 18.7 Å². The molecule has 0 aliphatic heterocycles. The number of hydrogen-bond acceptors (Lipinski definition) is 5. The molecule has 1 heterocycles. The Morgan fingerprint density at radius 2 is 1.89 bits per heavy atom. The third-order valence-electron chi connectivity index (χ3n) is 4.43. The minimum absolute atomic E-state index is 0.0725. The van der Waals surface area contributed by atoms with Crippen LogP contribution in [0.5, 0.6) is 0 Å². The molecule has 0 saturated carbocycles. The number of rotatable bonds is 11. The van der Waals surface area contributed by atoms with Crippen LogP contribution in [0.1, 0.15) is 36.0 Å². The van der Waals surface area contributed by atoms with Crippen LogP contribution in [0.15, 0.2) is 64.6 Å². The van der Waals surface area contributed by atoms with Gasteiger partial charge in [-0.05, 0) is 49.5 Å². The monoisotopic (exact) mass is 405 g/mol. The molecule has 1 aromatic carbocycles. The Kier molecular flexibility index (Phi) is 7.98. The molecule has 1 atom stereocenters. The molecule has 2 aromatic rings. The van der Waals surface area contributed by atoms with Crippen molar-refractivity contribution in [3.05, 3.63) is 66.6 Å². The quantitative estimate of drug-likeness (QED) is 0.561. The first kappa shape index (κ1) is 21.9. The molecule has 0 saturated heterocycles. The zero-order chi connectivity index (χ0) is 20.6. The van der Waals surface area contributed by atoms with E-state index >= 15 is 0 Å². The van der Waals surface area contributed by atoms with Gasteiger partial charge in [-0.3, -0.25) is 9.69 Å². The van der Waals surface area contributed by atoms with Crippen LogP contribution in [0, 0.1) is 0 Å². The van der Waals surface area contributed by atoms with Gasteiger partial charge in [0.1, 0.15) is 5.76 Å². The Hall–Kier alpha value is -2.42. The molecule has 0 aliphatic rings. The second-order valence-corrected chi connectivity index (χ2v) is 7.89. The number of carbonyl (C=O) groups is 1. The number of sulfonamides is 1. The lowest BCUT2D eigenvalue weighted by atomic mass is 10.1. The van der Waals surface area contributed by atoms with Gasteiger partial charge in [0.15, 0.2) is 0 Å². The summed E-state index contributed by atoms with van der Waals surface area (Å²) < 4.78 is 32.1. The molecular formula is C20H27N3O4S. The van der Waals surface area contributed by atoms with E-state index in [9.17, 15) is 13.2 Å². The van der Waals surface area contributed by atoms with Gasteiger partial charge >= 0.3 is 0 Å². The summed E-state index contributed by atoms with van der Waals surface area (Å²) in [4.78, 5) is 14.8. The van der Waals surface area contributed by atoms with E-state index in [1.54, 1.807) is 6.26 Å². The van der Waals surface area contributed by atoms with Gasteiger partial charge in [0.2, 0.25) is 10.0 Å². The van der Waals surface area contributed by atoms with Gasteiger partial charge in [-0.15, -0.1) is 6.58 Å². The first-order chi connectivity index (χ1) is 13.4. The fourth-order valence-corrected chi connectivity index (χ4v) is 3.88. The maximum Gasteiger partial charge on any atom is 0.251 e. The van der Waals surface area contributed by atoms with E-state index in [0.717, 1.165) is 18.8 Å². The van der Waals surface area contributed by atoms with Crippen molar-refractivity contribution < 1.29 is 17.6 Å². The highest BCUT2D eigenvalue weighted by molar-refractivity contribution is 7.89. The number of nitrogens with one attached hydrogen (secondary N) is 2. The molecule has 0 radical (unpaired) electrons. The van der Waals surface area contributed by atoms with E-state index in [4.69, 9.17) is 4.42 Å². The molecule has 2 rings (SSSR count). The maximum absolute atomic E-state index is 12.5. The predicted molar refractivity (Wildman–Crippen MR) is 109 cm³/mol. The second kappa shape index (κ2) is 10.2. The summed E-state index contributed by atoms with van der Waals surface area (Å²) in [7, 11) is -3.61. The highest BCUT2D eigenvalue weighted by atomic mass is 32.2. The van der Waals surface area contributed by atoms with Crippen LogP contribution < -0.4 is 10.0 Å². The van der Waals surface area contributed by atoms with Crippen molar-refractivity contribution in [3.8, 4) is 0 Å². The maximum atomic E-state index is 12.5. The van der Waals surface area contributed by atoms with Crippen LogP contribution in [0.4, 0.5) is 0 Å². The molecule has 2 N–H and O–H groups in total. The van der Waals surface area contributed by atoms with Crippen molar-refractivity contribution in [1.29, 1.82) is 0 Å². The van der Waals surface area contributed by atoms with Crippen LogP contribution >= 0.6 is 0 Å². The molecular weight excluding hydrogens is 378 g/mol. The van der Waals surface area contributed by atoms with E-state index in [-0.39, 0.29) is 23.4 Å². The number of hydrogen-bond donors (Lipinski definition) is 2. The third-order valence-corrected chi connectivity index (χ3v) is 5.86. The van der Waals surface area contributed by atoms with Gasteiger partial charge < -0.3 is 9.73 Å². The fraction of sp³-hybridized carbons (Fsp3) is 0.350. The standard InChI is InChI=1S/C20H27N3O4S/c1-4-13-22-28(25,26)17-11-9-16(10-12-17)20(24)21-15-18(23(5-2)6-3)19-8-7-14-27-19/h4,7-12,14,18,22H,1,5-6,13,15H2,2-3H3,(H,21,24). The Bertz CT molecular complexity index is 857. The average Bonchev–Trinajstić information content (AvgIpc) is 3.24. The third kappa shape index (κ3) is 5.54.